The van der Waals surface area contributed by atoms with Gasteiger partial charge in [-0.2, -0.15) is 0 Å². The van der Waals surface area contributed by atoms with Crippen molar-refractivity contribution >= 4 is 21.4 Å². The normalized spacial score (nSPS) is 17.4. The van der Waals surface area contributed by atoms with Gasteiger partial charge in [-0.1, -0.05) is 18.2 Å². The number of hydrogen-bond acceptors (Lipinski definition) is 4. The van der Waals surface area contributed by atoms with Crippen LogP contribution in [0.2, 0.25) is 0 Å². The van der Waals surface area contributed by atoms with Gasteiger partial charge in [-0.15, -0.1) is 11.3 Å². The number of nitrogens with two attached hydrogens (primary N) is 1. The number of benzene rings is 1. The van der Waals surface area contributed by atoms with Crippen molar-refractivity contribution in [2.24, 2.45) is 5.73 Å². The summed E-state index contributed by atoms with van der Waals surface area (Å²) < 4.78 is 6.73. The first-order valence-corrected chi connectivity index (χ1v) is 7.19. The Balaban J connectivity index is 1.84. The molecule has 1 aromatic carbocycles. The van der Waals surface area contributed by atoms with Gasteiger partial charge in [0.05, 0.1) is 13.2 Å². The maximum absolute atomic E-state index is 5.79. The number of thiophene rings is 1. The Hall–Kier alpha value is -0.940. The van der Waals surface area contributed by atoms with Crippen LogP contribution in [0.15, 0.2) is 24.3 Å². The molecule has 1 fully saturated rings. The van der Waals surface area contributed by atoms with Crippen molar-refractivity contribution in [3.05, 3.63) is 34.7 Å². The fourth-order valence-electron chi connectivity index (χ4n) is 2.40. The third-order valence-corrected chi connectivity index (χ3v) is 4.59. The minimum atomic E-state index is 0.620. The second-order valence-corrected chi connectivity index (χ2v) is 5.78. The maximum atomic E-state index is 5.79. The molecule has 0 bridgehead atoms. The van der Waals surface area contributed by atoms with Gasteiger partial charge in [0.25, 0.3) is 0 Å². The molecule has 0 aliphatic carbocycles. The van der Waals surface area contributed by atoms with E-state index in [0.717, 1.165) is 32.8 Å². The van der Waals surface area contributed by atoms with E-state index in [1.165, 1.54) is 20.5 Å². The molecule has 1 aromatic heterocycles. The molecule has 0 amide bonds. The Bertz CT molecular complexity index is 532. The molecule has 0 saturated carbocycles. The minimum absolute atomic E-state index is 0.620. The van der Waals surface area contributed by atoms with Crippen LogP contribution in [0.5, 0.6) is 0 Å². The highest BCUT2D eigenvalue weighted by Gasteiger charge is 2.13. The molecule has 0 radical (unpaired) electrons. The molecule has 2 N–H and O–H groups in total. The van der Waals surface area contributed by atoms with Crippen molar-refractivity contribution in [2.45, 2.75) is 13.1 Å². The Kier molecular flexibility index (Phi) is 3.61. The topological polar surface area (TPSA) is 38.5 Å². The summed E-state index contributed by atoms with van der Waals surface area (Å²) in [7, 11) is 0. The largest absolute Gasteiger partial charge is 0.379 e. The van der Waals surface area contributed by atoms with Crippen LogP contribution in [0.4, 0.5) is 0 Å². The summed E-state index contributed by atoms with van der Waals surface area (Å²) in [6.07, 6.45) is 0. The van der Waals surface area contributed by atoms with Crippen LogP contribution in [0, 0.1) is 0 Å². The molecule has 1 aliphatic heterocycles. The fourth-order valence-corrected chi connectivity index (χ4v) is 3.62. The van der Waals surface area contributed by atoms with E-state index < -0.39 is 0 Å². The zero-order valence-corrected chi connectivity index (χ0v) is 11.2. The van der Waals surface area contributed by atoms with Crippen LogP contribution in [-0.2, 0) is 17.8 Å². The first-order chi connectivity index (χ1) is 8.86. The van der Waals surface area contributed by atoms with Gasteiger partial charge in [0, 0.05) is 35.8 Å². The number of nitrogens with zero attached hydrogens (tertiary/aromatic N) is 1. The molecule has 0 spiro atoms. The van der Waals surface area contributed by atoms with Gasteiger partial charge in [-0.05, 0) is 17.0 Å². The summed E-state index contributed by atoms with van der Waals surface area (Å²) >= 11 is 1.88. The SMILES string of the molecule is NCc1cccc2cc(CN3CCOCC3)sc12. The second kappa shape index (κ2) is 5.36. The lowest BCUT2D eigenvalue weighted by Crippen LogP contribution is -2.35. The standard InChI is InChI=1S/C14H18N2OS/c15-9-12-3-1-2-11-8-13(18-14(11)12)10-16-4-6-17-7-5-16/h1-3,8H,4-7,9-10,15H2. The molecule has 3 rings (SSSR count). The molecule has 0 atom stereocenters. The molecule has 2 heterocycles. The lowest BCUT2D eigenvalue weighted by Gasteiger charge is -2.25. The van der Waals surface area contributed by atoms with E-state index in [9.17, 15) is 0 Å². The van der Waals surface area contributed by atoms with Gasteiger partial charge < -0.3 is 10.5 Å². The Morgan fingerprint density at radius 2 is 2.11 bits per heavy atom. The molecule has 3 nitrogen and oxygen atoms in total. The van der Waals surface area contributed by atoms with Crippen molar-refractivity contribution in [1.82, 2.24) is 4.90 Å². The van der Waals surface area contributed by atoms with Crippen molar-refractivity contribution in [3.63, 3.8) is 0 Å². The fraction of sp³-hybridized carbons (Fsp3) is 0.429. The molecular formula is C14H18N2OS. The lowest BCUT2D eigenvalue weighted by molar-refractivity contribution is 0.0346. The average Bonchev–Trinajstić information content (AvgIpc) is 2.82. The van der Waals surface area contributed by atoms with Gasteiger partial charge in [-0.25, -0.2) is 0 Å². The average molecular weight is 262 g/mol. The highest BCUT2D eigenvalue weighted by Crippen LogP contribution is 2.29. The summed E-state index contributed by atoms with van der Waals surface area (Å²) in [4.78, 5) is 3.88. The summed E-state index contributed by atoms with van der Waals surface area (Å²) in [5, 5.41) is 1.33. The van der Waals surface area contributed by atoms with Crippen molar-refractivity contribution in [1.29, 1.82) is 0 Å². The molecule has 96 valence electrons. The summed E-state index contributed by atoms with van der Waals surface area (Å²) in [5.41, 5.74) is 7.04. The highest BCUT2D eigenvalue weighted by atomic mass is 32.1. The molecule has 18 heavy (non-hydrogen) atoms. The van der Waals surface area contributed by atoms with Crippen molar-refractivity contribution < 1.29 is 4.74 Å². The zero-order chi connectivity index (χ0) is 12.4. The molecule has 0 unspecified atom stereocenters. The molecular weight excluding hydrogens is 244 g/mol. The molecule has 2 aromatic rings. The number of ether oxygens (including phenoxy) is 1. The van der Waals surface area contributed by atoms with E-state index >= 15 is 0 Å². The van der Waals surface area contributed by atoms with Gasteiger partial charge >= 0.3 is 0 Å². The molecule has 4 heteroatoms. The Morgan fingerprint density at radius 3 is 2.89 bits per heavy atom. The first kappa shape index (κ1) is 12.1. The van der Waals surface area contributed by atoms with E-state index in [2.05, 4.69) is 29.2 Å². The van der Waals surface area contributed by atoms with Crippen LogP contribution in [0.1, 0.15) is 10.4 Å². The Morgan fingerprint density at radius 1 is 1.28 bits per heavy atom. The monoisotopic (exact) mass is 262 g/mol. The lowest BCUT2D eigenvalue weighted by atomic mass is 10.1. The van der Waals surface area contributed by atoms with Gasteiger partial charge in [0.1, 0.15) is 0 Å². The van der Waals surface area contributed by atoms with Crippen molar-refractivity contribution in [2.75, 3.05) is 26.3 Å². The van der Waals surface area contributed by atoms with Crippen LogP contribution in [0.3, 0.4) is 0 Å². The Labute approximate surface area is 111 Å². The third kappa shape index (κ3) is 2.42. The maximum Gasteiger partial charge on any atom is 0.0594 e. The van der Waals surface area contributed by atoms with Gasteiger partial charge in [0.15, 0.2) is 0 Å². The van der Waals surface area contributed by atoms with E-state index in [1.54, 1.807) is 0 Å². The zero-order valence-electron chi connectivity index (χ0n) is 10.4. The number of fused-ring (bicyclic) bond motifs is 1. The van der Waals surface area contributed by atoms with E-state index in [1.807, 2.05) is 11.3 Å². The van der Waals surface area contributed by atoms with E-state index in [0.29, 0.717) is 6.54 Å². The summed E-state index contributed by atoms with van der Waals surface area (Å²) in [6.45, 7) is 5.45. The number of morpholine rings is 1. The quantitative estimate of drug-likeness (QED) is 0.921. The van der Waals surface area contributed by atoms with Crippen LogP contribution in [0.25, 0.3) is 10.1 Å². The van der Waals surface area contributed by atoms with Gasteiger partial charge in [-0.3, -0.25) is 4.90 Å². The van der Waals surface area contributed by atoms with Crippen LogP contribution in [-0.4, -0.2) is 31.2 Å². The summed E-state index contributed by atoms with van der Waals surface area (Å²) in [5.74, 6) is 0. The minimum Gasteiger partial charge on any atom is -0.379 e. The first-order valence-electron chi connectivity index (χ1n) is 6.37. The van der Waals surface area contributed by atoms with E-state index in [-0.39, 0.29) is 0 Å². The van der Waals surface area contributed by atoms with Crippen LogP contribution < -0.4 is 5.73 Å². The van der Waals surface area contributed by atoms with Crippen molar-refractivity contribution in [3.8, 4) is 0 Å². The second-order valence-electron chi connectivity index (χ2n) is 4.64. The number of rotatable bonds is 3. The van der Waals surface area contributed by atoms with E-state index in [4.69, 9.17) is 10.5 Å². The van der Waals surface area contributed by atoms with Gasteiger partial charge in [0.2, 0.25) is 0 Å². The third-order valence-electron chi connectivity index (χ3n) is 3.38. The predicted octanol–water partition coefficient (Wildman–Crippen LogP) is 2.19. The summed E-state index contributed by atoms with van der Waals surface area (Å²) in [6, 6.07) is 8.69. The molecule has 1 saturated heterocycles. The number of hydrogen-bond donors (Lipinski definition) is 1. The molecule has 1 aliphatic rings. The highest BCUT2D eigenvalue weighted by molar-refractivity contribution is 7.19. The smallest absolute Gasteiger partial charge is 0.0594 e. The van der Waals surface area contributed by atoms with Crippen LogP contribution >= 0.6 is 11.3 Å². The predicted molar refractivity (Wildman–Crippen MR) is 75.8 cm³/mol.